The van der Waals surface area contributed by atoms with Crippen LogP contribution in [0.25, 0.3) is 21.9 Å². The molecule has 8 nitrogen and oxygen atoms in total. The molecule has 0 amide bonds. The van der Waals surface area contributed by atoms with E-state index in [0.717, 1.165) is 29.4 Å². The zero-order chi connectivity index (χ0) is 25.9. The quantitative estimate of drug-likeness (QED) is 0.330. The molecule has 0 atom stereocenters. The molecule has 0 radical (unpaired) electrons. The van der Waals surface area contributed by atoms with Crippen LogP contribution in [0.15, 0.2) is 42.6 Å². The number of pyridine rings is 1. The molecule has 0 spiro atoms. The molecule has 192 valence electrons. The van der Waals surface area contributed by atoms with E-state index in [1.54, 1.807) is 7.11 Å². The molecular formula is C29H32N4O4. The van der Waals surface area contributed by atoms with Crippen LogP contribution in [-0.4, -0.2) is 64.8 Å². The molecule has 1 fully saturated rings. The summed E-state index contributed by atoms with van der Waals surface area (Å²) in [5.74, 6) is 0.192. The summed E-state index contributed by atoms with van der Waals surface area (Å²) in [5, 5.41) is 21.9. The summed E-state index contributed by atoms with van der Waals surface area (Å²) in [4.78, 5) is 6.67. The average molecular weight is 501 g/mol. The van der Waals surface area contributed by atoms with Gasteiger partial charge in [0.05, 0.1) is 38.6 Å². The van der Waals surface area contributed by atoms with Crippen LogP contribution in [0.2, 0.25) is 0 Å². The van der Waals surface area contributed by atoms with Crippen LogP contribution in [0, 0.1) is 22.7 Å². The van der Waals surface area contributed by atoms with E-state index in [1.165, 1.54) is 31.1 Å². The molecule has 1 aliphatic rings. The van der Waals surface area contributed by atoms with Gasteiger partial charge in [-0.05, 0) is 53.8 Å². The Labute approximate surface area is 217 Å². The number of hydrogen-bond acceptors (Lipinski definition) is 8. The molecule has 0 saturated carbocycles. The van der Waals surface area contributed by atoms with Gasteiger partial charge < -0.3 is 23.8 Å². The number of nitriles is 2. The molecule has 37 heavy (non-hydrogen) atoms. The molecule has 2 heterocycles. The molecule has 8 heteroatoms. The smallest absolute Gasteiger partial charge is 0.232 e. The number of methoxy groups -OCH3 is 1. The van der Waals surface area contributed by atoms with Gasteiger partial charge in [0.15, 0.2) is 0 Å². The highest BCUT2D eigenvalue weighted by molar-refractivity contribution is 5.91. The van der Waals surface area contributed by atoms with Crippen molar-refractivity contribution in [2.75, 3.05) is 64.7 Å². The molecule has 2 aromatic carbocycles. The Morgan fingerprint density at radius 2 is 1.54 bits per heavy atom. The third kappa shape index (κ3) is 6.75. The van der Waals surface area contributed by atoms with Crippen molar-refractivity contribution in [3.63, 3.8) is 0 Å². The first kappa shape index (κ1) is 26.4. The van der Waals surface area contributed by atoms with Gasteiger partial charge in [-0.3, -0.25) is 0 Å². The zero-order valence-electron chi connectivity index (χ0n) is 21.2. The highest BCUT2D eigenvalue weighted by Crippen LogP contribution is 2.34. The van der Waals surface area contributed by atoms with Crippen LogP contribution in [0.3, 0.4) is 0 Å². The van der Waals surface area contributed by atoms with E-state index < -0.39 is 0 Å². The highest BCUT2D eigenvalue weighted by atomic mass is 16.6. The number of ether oxygens (including phenoxy) is 4. The molecule has 0 unspecified atom stereocenters. The van der Waals surface area contributed by atoms with E-state index in [4.69, 9.17) is 18.9 Å². The van der Waals surface area contributed by atoms with Crippen molar-refractivity contribution in [1.82, 2.24) is 4.98 Å². The van der Waals surface area contributed by atoms with Gasteiger partial charge in [-0.25, -0.2) is 4.98 Å². The van der Waals surface area contributed by atoms with Crippen molar-refractivity contribution in [1.29, 1.82) is 10.5 Å². The lowest BCUT2D eigenvalue weighted by molar-refractivity contribution is 0.0176. The van der Waals surface area contributed by atoms with Gasteiger partial charge in [0, 0.05) is 37.6 Å². The first-order valence-electron chi connectivity index (χ1n) is 12.6. The van der Waals surface area contributed by atoms with E-state index in [0.29, 0.717) is 44.2 Å². The van der Waals surface area contributed by atoms with Crippen LogP contribution >= 0.6 is 0 Å². The molecule has 4 rings (SSSR count). The highest BCUT2D eigenvalue weighted by Gasteiger charge is 2.19. The monoisotopic (exact) mass is 500 g/mol. The summed E-state index contributed by atoms with van der Waals surface area (Å²) in [6.07, 6.45) is 5.21. The van der Waals surface area contributed by atoms with Crippen molar-refractivity contribution >= 4 is 16.5 Å². The molecule has 1 aromatic heterocycles. The van der Waals surface area contributed by atoms with E-state index in [9.17, 15) is 10.5 Å². The van der Waals surface area contributed by atoms with Crippen molar-refractivity contribution in [3.05, 3.63) is 53.7 Å². The zero-order valence-corrected chi connectivity index (χ0v) is 21.2. The fraction of sp³-hybridized carbons (Fsp3) is 0.414. The number of anilines is 1. The van der Waals surface area contributed by atoms with Gasteiger partial charge >= 0.3 is 0 Å². The molecule has 0 N–H and O–H groups in total. The Hall–Kier alpha value is -3.69. The minimum atomic E-state index is 0.192. The molecule has 0 bridgehead atoms. The van der Waals surface area contributed by atoms with Crippen molar-refractivity contribution in [2.45, 2.75) is 19.3 Å². The summed E-state index contributed by atoms with van der Waals surface area (Å²) in [7, 11) is 1.63. The second-order valence-electron chi connectivity index (χ2n) is 8.81. The molecule has 0 aliphatic carbocycles. The predicted molar refractivity (Wildman–Crippen MR) is 142 cm³/mol. The number of benzene rings is 2. The van der Waals surface area contributed by atoms with Gasteiger partial charge in [0.25, 0.3) is 0 Å². The first-order chi connectivity index (χ1) is 18.2. The summed E-state index contributed by atoms with van der Waals surface area (Å²) < 4.78 is 21.6. The Balaban J connectivity index is 1.48. The van der Waals surface area contributed by atoms with E-state index in [2.05, 4.69) is 40.2 Å². The third-order valence-corrected chi connectivity index (χ3v) is 6.38. The molecule has 3 aromatic rings. The lowest BCUT2D eigenvalue weighted by Crippen LogP contribution is -2.29. The van der Waals surface area contributed by atoms with Gasteiger partial charge in [0.2, 0.25) is 5.88 Å². The number of hydrogen-bond donors (Lipinski definition) is 0. The fourth-order valence-electron chi connectivity index (χ4n) is 4.49. The van der Waals surface area contributed by atoms with Crippen molar-refractivity contribution in [2.24, 2.45) is 0 Å². The lowest BCUT2D eigenvalue weighted by atomic mass is 9.95. The second kappa shape index (κ2) is 13.6. The fourth-order valence-corrected chi connectivity index (χ4v) is 4.49. The van der Waals surface area contributed by atoms with E-state index in [-0.39, 0.29) is 18.1 Å². The summed E-state index contributed by atoms with van der Waals surface area (Å²) in [6.45, 7) is 4.69. The Morgan fingerprint density at radius 3 is 2.27 bits per heavy atom. The summed E-state index contributed by atoms with van der Waals surface area (Å²) in [5.41, 5.74) is 3.12. The maximum atomic E-state index is 9.98. The van der Waals surface area contributed by atoms with Crippen LogP contribution in [0.1, 0.15) is 30.4 Å². The normalized spacial score (nSPS) is 13.3. The molecule has 1 aliphatic heterocycles. The van der Waals surface area contributed by atoms with Gasteiger partial charge in [-0.15, -0.1) is 0 Å². The number of piperidine rings is 1. The van der Waals surface area contributed by atoms with Crippen LogP contribution in [-0.2, 0) is 14.2 Å². The number of rotatable bonds is 12. The van der Waals surface area contributed by atoms with E-state index in [1.807, 2.05) is 18.2 Å². The molecule has 1 saturated heterocycles. The number of aromatic nitrogens is 1. The Morgan fingerprint density at radius 1 is 0.838 bits per heavy atom. The Kier molecular flexibility index (Phi) is 9.67. The maximum absolute atomic E-state index is 9.98. The van der Waals surface area contributed by atoms with Crippen LogP contribution in [0.5, 0.6) is 5.88 Å². The van der Waals surface area contributed by atoms with Gasteiger partial charge in [-0.1, -0.05) is 18.2 Å². The minimum absolute atomic E-state index is 0.192. The van der Waals surface area contributed by atoms with Crippen molar-refractivity contribution < 1.29 is 18.9 Å². The Bertz CT molecular complexity index is 1280. The SMILES string of the molecule is COCCOCCOCCOc1ncc(C#N)c(-c2ccc3cc(N4CCCCC4)ccc3c2)c1C#N. The average Bonchev–Trinajstić information content (AvgIpc) is 2.95. The summed E-state index contributed by atoms with van der Waals surface area (Å²) >= 11 is 0. The lowest BCUT2D eigenvalue weighted by Gasteiger charge is -2.29. The summed E-state index contributed by atoms with van der Waals surface area (Å²) in [6, 6.07) is 16.9. The predicted octanol–water partition coefficient (Wildman–Crippen LogP) is 4.69. The van der Waals surface area contributed by atoms with Crippen LogP contribution in [0.4, 0.5) is 5.69 Å². The van der Waals surface area contributed by atoms with Crippen molar-refractivity contribution in [3.8, 4) is 29.1 Å². The second-order valence-corrected chi connectivity index (χ2v) is 8.81. The van der Waals surface area contributed by atoms with Gasteiger partial charge in [-0.2, -0.15) is 10.5 Å². The maximum Gasteiger partial charge on any atom is 0.232 e. The molecular weight excluding hydrogens is 468 g/mol. The third-order valence-electron chi connectivity index (χ3n) is 6.38. The number of nitrogens with zero attached hydrogens (tertiary/aromatic N) is 4. The largest absolute Gasteiger partial charge is 0.474 e. The minimum Gasteiger partial charge on any atom is -0.474 e. The standard InChI is InChI=1S/C29H32N4O4/c1-34-11-12-35-13-14-36-15-16-37-29-27(20-31)28(25(19-30)21-32-29)24-6-5-23-18-26(8-7-22(23)17-24)33-9-3-2-4-10-33/h5-8,17-18,21H,2-4,9-16H2,1H3. The van der Waals surface area contributed by atoms with E-state index >= 15 is 0 Å². The van der Waals surface area contributed by atoms with Gasteiger partial charge in [0.1, 0.15) is 24.3 Å². The number of fused-ring (bicyclic) bond motifs is 1. The van der Waals surface area contributed by atoms with Crippen LogP contribution < -0.4 is 9.64 Å². The first-order valence-corrected chi connectivity index (χ1v) is 12.6. The topological polar surface area (TPSA) is 101 Å².